The number of hydrogen-bond donors (Lipinski definition) is 3. The van der Waals surface area contributed by atoms with E-state index >= 15 is 0 Å². The largest absolute Gasteiger partial charge is 0.381 e. The fraction of sp³-hybridized carbons (Fsp3) is 0.444. The molecule has 1 fully saturated rings. The number of H-pyrrole nitrogens is 1. The number of ether oxygens (including phenoxy) is 1. The van der Waals surface area contributed by atoms with Gasteiger partial charge in [-0.3, -0.25) is 9.59 Å². The average molecular weight is 329 g/mol. The van der Waals surface area contributed by atoms with E-state index in [4.69, 9.17) is 4.74 Å². The third-order valence-electron chi connectivity index (χ3n) is 4.41. The van der Waals surface area contributed by atoms with Gasteiger partial charge in [0.05, 0.1) is 6.54 Å². The molecule has 0 radical (unpaired) electrons. The maximum atomic E-state index is 12.0. The van der Waals surface area contributed by atoms with Gasteiger partial charge >= 0.3 is 0 Å². The molecule has 0 saturated carbocycles. The molecule has 0 spiro atoms. The van der Waals surface area contributed by atoms with Crippen molar-refractivity contribution < 1.29 is 14.3 Å². The number of amides is 2. The number of benzene rings is 1. The van der Waals surface area contributed by atoms with Crippen molar-refractivity contribution in [2.45, 2.75) is 19.3 Å². The Balaban J connectivity index is 1.38. The summed E-state index contributed by atoms with van der Waals surface area (Å²) in [6, 6.07) is 8.09. The predicted octanol–water partition coefficient (Wildman–Crippen LogP) is 1.37. The third kappa shape index (κ3) is 4.14. The maximum absolute atomic E-state index is 12.0. The van der Waals surface area contributed by atoms with Crippen molar-refractivity contribution in [3.05, 3.63) is 36.0 Å². The van der Waals surface area contributed by atoms with Crippen LogP contribution in [0.4, 0.5) is 0 Å². The second kappa shape index (κ2) is 7.97. The molecule has 2 aromatic rings. The molecule has 0 bridgehead atoms. The molecule has 6 nitrogen and oxygen atoms in total. The van der Waals surface area contributed by atoms with Crippen LogP contribution in [-0.4, -0.2) is 43.1 Å². The van der Waals surface area contributed by atoms with Gasteiger partial charge in [0, 0.05) is 42.8 Å². The fourth-order valence-electron chi connectivity index (χ4n) is 3.01. The highest BCUT2D eigenvalue weighted by atomic mass is 16.5. The first-order chi connectivity index (χ1) is 11.7. The third-order valence-corrected chi connectivity index (χ3v) is 4.41. The van der Waals surface area contributed by atoms with E-state index in [9.17, 15) is 9.59 Å². The summed E-state index contributed by atoms with van der Waals surface area (Å²) >= 11 is 0. The minimum atomic E-state index is -0.157. The van der Waals surface area contributed by atoms with Crippen LogP contribution in [-0.2, 0) is 20.7 Å². The molecule has 24 heavy (non-hydrogen) atoms. The molecule has 3 N–H and O–H groups in total. The van der Waals surface area contributed by atoms with Crippen LogP contribution in [0.2, 0.25) is 0 Å². The van der Waals surface area contributed by atoms with E-state index in [1.807, 2.05) is 24.4 Å². The van der Waals surface area contributed by atoms with Crippen molar-refractivity contribution in [1.82, 2.24) is 15.6 Å². The summed E-state index contributed by atoms with van der Waals surface area (Å²) in [4.78, 5) is 27.0. The number of nitrogens with one attached hydrogen (secondary N) is 3. The van der Waals surface area contributed by atoms with E-state index in [2.05, 4.69) is 21.7 Å². The lowest BCUT2D eigenvalue weighted by molar-refractivity contribution is -0.130. The number of carbonyl (C=O) groups is 2. The molecular formula is C18H23N3O3. The van der Waals surface area contributed by atoms with Crippen molar-refractivity contribution in [2.24, 2.45) is 5.92 Å². The van der Waals surface area contributed by atoms with Crippen molar-refractivity contribution in [2.75, 3.05) is 26.3 Å². The van der Waals surface area contributed by atoms with Gasteiger partial charge in [0.15, 0.2) is 0 Å². The van der Waals surface area contributed by atoms with Crippen LogP contribution in [0.25, 0.3) is 10.9 Å². The highest BCUT2D eigenvalue weighted by Gasteiger charge is 2.21. The molecule has 6 heteroatoms. The lowest BCUT2D eigenvalue weighted by atomic mass is 9.99. The lowest BCUT2D eigenvalue weighted by Gasteiger charge is -2.21. The molecule has 0 aliphatic carbocycles. The zero-order chi connectivity index (χ0) is 16.8. The van der Waals surface area contributed by atoms with E-state index in [0.717, 1.165) is 24.8 Å². The molecule has 0 atom stereocenters. The number of para-hydroxylation sites is 1. The number of aromatic nitrogens is 1. The van der Waals surface area contributed by atoms with Gasteiger partial charge < -0.3 is 20.4 Å². The molecule has 0 unspecified atom stereocenters. The van der Waals surface area contributed by atoms with Crippen LogP contribution < -0.4 is 10.6 Å². The van der Waals surface area contributed by atoms with Gasteiger partial charge in [0.2, 0.25) is 11.8 Å². The number of aromatic amines is 1. The summed E-state index contributed by atoms with van der Waals surface area (Å²) in [5, 5.41) is 6.74. The van der Waals surface area contributed by atoms with Crippen LogP contribution in [0.3, 0.4) is 0 Å². The molecule has 3 rings (SSSR count). The van der Waals surface area contributed by atoms with Crippen LogP contribution in [0, 0.1) is 5.92 Å². The Kier molecular flexibility index (Phi) is 5.48. The molecular weight excluding hydrogens is 306 g/mol. The second-order valence-electron chi connectivity index (χ2n) is 6.06. The van der Waals surface area contributed by atoms with Crippen molar-refractivity contribution in [3.8, 4) is 0 Å². The van der Waals surface area contributed by atoms with Crippen LogP contribution >= 0.6 is 0 Å². The van der Waals surface area contributed by atoms with E-state index < -0.39 is 0 Å². The Morgan fingerprint density at radius 1 is 1.17 bits per heavy atom. The normalized spacial score (nSPS) is 15.3. The number of hydrogen-bond acceptors (Lipinski definition) is 3. The second-order valence-corrected chi connectivity index (χ2v) is 6.06. The van der Waals surface area contributed by atoms with Gasteiger partial charge in [-0.25, -0.2) is 0 Å². The zero-order valence-corrected chi connectivity index (χ0v) is 13.6. The molecule has 2 amide bonds. The summed E-state index contributed by atoms with van der Waals surface area (Å²) in [5.74, 6) is -0.238. The molecule has 1 aromatic heterocycles. The highest BCUT2D eigenvalue weighted by Crippen LogP contribution is 2.17. The predicted molar refractivity (Wildman–Crippen MR) is 91.6 cm³/mol. The molecule has 2 heterocycles. The molecule has 1 saturated heterocycles. The summed E-state index contributed by atoms with van der Waals surface area (Å²) in [7, 11) is 0. The van der Waals surface area contributed by atoms with E-state index in [-0.39, 0.29) is 24.3 Å². The Bertz CT molecular complexity index is 704. The summed E-state index contributed by atoms with van der Waals surface area (Å²) in [6.07, 6.45) is 4.19. The maximum Gasteiger partial charge on any atom is 0.239 e. The van der Waals surface area contributed by atoms with Crippen LogP contribution in [0.5, 0.6) is 0 Å². The van der Waals surface area contributed by atoms with Crippen molar-refractivity contribution >= 4 is 22.7 Å². The number of fused-ring (bicyclic) bond motifs is 1. The quantitative estimate of drug-likeness (QED) is 0.748. The number of carbonyl (C=O) groups excluding carboxylic acids is 2. The monoisotopic (exact) mass is 329 g/mol. The minimum absolute atomic E-state index is 0.0298. The Labute approximate surface area is 141 Å². The Hall–Kier alpha value is -2.34. The molecule has 1 aliphatic rings. The van der Waals surface area contributed by atoms with Crippen molar-refractivity contribution in [3.63, 3.8) is 0 Å². The lowest BCUT2D eigenvalue weighted by Crippen LogP contribution is -2.41. The summed E-state index contributed by atoms with van der Waals surface area (Å²) in [6.45, 7) is 1.82. The molecule has 1 aliphatic heterocycles. The molecule has 128 valence electrons. The van der Waals surface area contributed by atoms with Gasteiger partial charge in [-0.1, -0.05) is 18.2 Å². The molecule has 1 aromatic carbocycles. The fourth-order valence-corrected chi connectivity index (χ4v) is 3.01. The SMILES string of the molecule is O=C(CNC(=O)C1CCOCC1)NCCc1c[nH]c2ccccc12. The zero-order valence-electron chi connectivity index (χ0n) is 13.6. The standard InChI is InChI=1S/C18H23N3O3/c22-17(12-21-18(23)13-6-9-24-10-7-13)19-8-5-14-11-20-16-4-2-1-3-15(14)16/h1-4,11,13,20H,5-10,12H2,(H,19,22)(H,21,23). The Morgan fingerprint density at radius 3 is 2.79 bits per heavy atom. The van der Waals surface area contributed by atoms with Crippen molar-refractivity contribution in [1.29, 1.82) is 0 Å². The topological polar surface area (TPSA) is 83.2 Å². The first-order valence-corrected chi connectivity index (χ1v) is 8.41. The van der Waals surface area contributed by atoms with E-state index in [1.54, 1.807) is 0 Å². The van der Waals surface area contributed by atoms with Gasteiger partial charge in [-0.15, -0.1) is 0 Å². The summed E-state index contributed by atoms with van der Waals surface area (Å²) in [5.41, 5.74) is 2.28. The Morgan fingerprint density at radius 2 is 1.96 bits per heavy atom. The first-order valence-electron chi connectivity index (χ1n) is 8.41. The van der Waals surface area contributed by atoms with Crippen LogP contribution in [0.1, 0.15) is 18.4 Å². The van der Waals surface area contributed by atoms with Gasteiger partial charge in [0.25, 0.3) is 0 Å². The smallest absolute Gasteiger partial charge is 0.239 e. The highest BCUT2D eigenvalue weighted by molar-refractivity contribution is 5.86. The van der Waals surface area contributed by atoms with Crippen LogP contribution in [0.15, 0.2) is 30.5 Å². The van der Waals surface area contributed by atoms with Gasteiger partial charge in [-0.2, -0.15) is 0 Å². The summed E-state index contributed by atoms with van der Waals surface area (Å²) < 4.78 is 5.23. The minimum Gasteiger partial charge on any atom is -0.381 e. The van der Waals surface area contributed by atoms with Gasteiger partial charge in [0.1, 0.15) is 0 Å². The van der Waals surface area contributed by atoms with Gasteiger partial charge in [-0.05, 0) is 30.9 Å². The number of rotatable bonds is 6. The van der Waals surface area contributed by atoms with E-state index in [0.29, 0.717) is 19.8 Å². The first kappa shape index (κ1) is 16.5. The average Bonchev–Trinajstić information content (AvgIpc) is 3.04. The van der Waals surface area contributed by atoms with E-state index in [1.165, 1.54) is 10.9 Å².